The SMILES string of the molecule is O=[N+]([O-])c1nccc2c1[nH]c1ccccc12. The van der Waals surface area contributed by atoms with Gasteiger partial charge in [0.15, 0.2) is 0 Å². The van der Waals surface area contributed by atoms with Crippen molar-refractivity contribution in [2.45, 2.75) is 0 Å². The lowest BCUT2D eigenvalue weighted by Crippen LogP contribution is -1.92. The van der Waals surface area contributed by atoms with Gasteiger partial charge in [0, 0.05) is 16.3 Å². The van der Waals surface area contributed by atoms with Crippen LogP contribution in [0.2, 0.25) is 0 Å². The number of rotatable bonds is 1. The molecule has 2 heterocycles. The van der Waals surface area contributed by atoms with Crippen LogP contribution in [0, 0.1) is 10.1 Å². The van der Waals surface area contributed by atoms with E-state index in [1.165, 1.54) is 6.20 Å². The number of benzene rings is 1. The largest absolute Gasteiger partial charge is 0.387 e. The first kappa shape index (κ1) is 8.84. The second-order valence-electron chi connectivity index (χ2n) is 3.48. The van der Waals surface area contributed by atoms with Crippen LogP contribution in [0.15, 0.2) is 36.5 Å². The molecular formula is C11H7N3O2. The summed E-state index contributed by atoms with van der Waals surface area (Å²) < 4.78 is 0. The lowest BCUT2D eigenvalue weighted by molar-refractivity contribution is -0.387. The molecule has 0 amide bonds. The van der Waals surface area contributed by atoms with Gasteiger partial charge in [-0.1, -0.05) is 18.2 Å². The van der Waals surface area contributed by atoms with Gasteiger partial charge in [-0.3, -0.25) is 0 Å². The maximum Gasteiger partial charge on any atom is 0.387 e. The lowest BCUT2D eigenvalue weighted by atomic mass is 10.2. The van der Waals surface area contributed by atoms with Crippen molar-refractivity contribution in [3.8, 4) is 0 Å². The Hall–Kier alpha value is -2.43. The molecule has 0 unspecified atom stereocenters. The van der Waals surface area contributed by atoms with Crippen molar-refractivity contribution in [3.63, 3.8) is 0 Å². The van der Waals surface area contributed by atoms with Crippen LogP contribution in [-0.4, -0.2) is 14.9 Å². The summed E-state index contributed by atoms with van der Waals surface area (Å²) in [6.45, 7) is 0. The van der Waals surface area contributed by atoms with Crippen LogP contribution < -0.4 is 0 Å². The quantitative estimate of drug-likeness (QED) is 0.498. The van der Waals surface area contributed by atoms with Gasteiger partial charge in [-0.05, 0) is 22.0 Å². The summed E-state index contributed by atoms with van der Waals surface area (Å²) >= 11 is 0. The molecule has 16 heavy (non-hydrogen) atoms. The molecule has 1 N–H and O–H groups in total. The molecule has 0 saturated carbocycles. The Bertz CT molecular complexity index is 703. The fourth-order valence-electron chi connectivity index (χ4n) is 1.90. The number of hydrogen-bond donors (Lipinski definition) is 1. The predicted octanol–water partition coefficient (Wildman–Crippen LogP) is 2.62. The highest BCUT2D eigenvalue weighted by Crippen LogP contribution is 2.29. The number of nitrogens with one attached hydrogen (secondary N) is 1. The molecule has 1 aromatic carbocycles. The average molecular weight is 213 g/mol. The number of hydrogen-bond acceptors (Lipinski definition) is 3. The molecule has 0 fully saturated rings. The first-order chi connectivity index (χ1) is 7.77. The van der Waals surface area contributed by atoms with Crippen LogP contribution in [0.3, 0.4) is 0 Å². The molecule has 3 aromatic rings. The van der Waals surface area contributed by atoms with Gasteiger partial charge in [0.1, 0.15) is 11.7 Å². The van der Waals surface area contributed by atoms with Gasteiger partial charge in [0.05, 0.1) is 0 Å². The molecule has 0 spiro atoms. The van der Waals surface area contributed by atoms with Crippen molar-refractivity contribution >= 4 is 27.6 Å². The summed E-state index contributed by atoms with van der Waals surface area (Å²) in [5.41, 5.74) is 1.36. The lowest BCUT2D eigenvalue weighted by Gasteiger charge is -1.92. The van der Waals surface area contributed by atoms with E-state index in [1.807, 2.05) is 24.3 Å². The van der Waals surface area contributed by atoms with E-state index < -0.39 is 4.92 Å². The third kappa shape index (κ3) is 1.08. The third-order valence-corrected chi connectivity index (χ3v) is 2.58. The third-order valence-electron chi connectivity index (χ3n) is 2.58. The van der Waals surface area contributed by atoms with Crippen molar-refractivity contribution in [2.24, 2.45) is 0 Å². The van der Waals surface area contributed by atoms with Gasteiger partial charge in [-0.15, -0.1) is 0 Å². The Kier molecular flexibility index (Phi) is 1.67. The van der Waals surface area contributed by atoms with Crippen LogP contribution in [0.5, 0.6) is 0 Å². The highest BCUT2D eigenvalue weighted by molar-refractivity contribution is 6.09. The molecule has 0 radical (unpaired) electrons. The minimum absolute atomic E-state index is 0.131. The van der Waals surface area contributed by atoms with Crippen LogP contribution in [0.25, 0.3) is 21.8 Å². The molecule has 0 saturated heterocycles. The Balaban J connectivity index is 2.54. The molecule has 78 valence electrons. The maximum absolute atomic E-state index is 10.8. The van der Waals surface area contributed by atoms with Gasteiger partial charge in [-0.2, -0.15) is 0 Å². The second-order valence-corrected chi connectivity index (χ2v) is 3.48. The first-order valence-corrected chi connectivity index (χ1v) is 4.77. The van der Waals surface area contributed by atoms with Gasteiger partial charge in [-0.25, -0.2) is 0 Å². The van der Waals surface area contributed by atoms with E-state index in [0.29, 0.717) is 5.52 Å². The van der Waals surface area contributed by atoms with Crippen LogP contribution in [0.1, 0.15) is 0 Å². The Morgan fingerprint density at radius 2 is 2.00 bits per heavy atom. The van der Waals surface area contributed by atoms with E-state index in [2.05, 4.69) is 9.97 Å². The Labute approximate surface area is 89.9 Å². The molecule has 0 aliphatic rings. The van der Waals surface area contributed by atoms with E-state index in [4.69, 9.17) is 0 Å². The monoisotopic (exact) mass is 213 g/mol. The van der Waals surface area contributed by atoms with E-state index in [9.17, 15) is 10.1 Å². The first-order valence-electron chi connectivity index (χ1n) is 4.77. The average Bonchev–Trinajstić information content (AvgIpc) is 2.67. The number of nitrogens with zero attached hydrogens (tertiary/aromatic N) is 2. The standard InChI is InChI=1S/C11H7N3O2/c15-14(16)11-10-8(5-6-12-11)7-3-1-2-4-9(7)13-10/h1-6,13H. The van der Waals surface area contributed by atoms with Crippen molar-refractivity contribution < 1.29 is 4.92 Å². The number of para-hydroxylation sites is 1. The zero-order valence-corrected chi connectivity index (χ0v) is 8.18. The van der Waals surface area contributed by atoms with Gasteiger partial charge in [0.2, 0.25) is 0 Å². The second kappa shape index (κ2) is 3.03. The minimum Gasteiger partial charge on any atom is -0.358 e. The van der Waals surface area contributed by atoms with E-state index in [-0.39, 0.29) is 5.82 Å². The number of aromatic nitrogens is 2. The summed E-state index contributed by atoms with van der Waals surface area (Å²) in [4.78, 5) is 17.1. The normalized spacial score (nSPS) is 11.0. The van der Waals surface area contributed by atoms with Gasteiger partial charge >= 0.3 is 5.82 Å². The molecule has 0 bridgehead atoms. The molecule has 5 heteroatoms. The maximum atomic E-state index is 10.8. The predicted molar refractivity (Wildman–Crippen MR) is 60.3 cm³/mol. The molecule has 2 aromatic heterocycles. The topological polar surface area (TPSA) is 71.8 Å². The van der Waals surface area contributed by atoms with Crippen molar-refractivity contribution in [3.05, 3.63) is 46.6 Å². The number of nitro groups is 1. The summed E-state index contributed by atoms with van der Waals surface area (Å²) in [5, 5.41) is 12.6. The zero-order chi connectivity index (χ0) is 11.1. The van der Waals surface area contributed by atoms with E-state index in [1.54, 1.807) is 6.07 Å². The zero-order valence-electron chi connectivity index (χ0n) is 8.18. The molecule has 5 nitrogen and oxygen atoms in total. The van der Waals surface area contributed by atoms with Crippen LogP contribution in [-0.2, 0) is 0 Å². The minimum atomic E-state index is -0.474. The van der Waals surface area contributed by atoms with Gasteiger partial charge in [0.25, 0.3) is 0 Å². The smallest absolute Gasteiger partial charge is 0.358 e. The van der Waals surface area contributed by atoms with Crippen molar-refractivity contribution in [1.82, 2.24) is 9.97 Å². The summed E-state index contributed by atoms with van der Waals surface area (Å²) in [6, 6.07) is 9.39. The fourth-order valence-corrected chi connectivity index (χ4v) is 1.90. The fraction of sp³-hybridized carbons (Fsp3) is 0. The Morgan fingerprint density at radius 3 is 2.81 bits per heavy atom. The molecule has 3 rings (SSSR count). The van der Waals surface area contributed by atoms with E-state index >= 15 is 0 Å². The van der Waals surface area contributed by atoms with E-state index in [0.717, 1.165) is 16.3 Å². The number of fused-ring (bicyclic) bond motifs is 3. The number of aromatic amines is 1. The summed E-state index contributed by atoms with van der Waals surface area (Å²) in [7, 11) is 0. The highest BCUT2D eigenvalue weighted by Gasteiger charge is 2.16. The van der Waals surface area contributed by atoms with Crippen molar-refractivity contribution in [2.75, 3.05) is 0 Å². The van der Waals surface area contributed by atoms with Gasteiger partial charge < -0.3 is 15.1 Å². The van der Waals surface area contributed by atoms with Crippen molar-refractivity contribution in [1.29, 1.82) is 0 Å². The molecule has 0 aliphatic carbocycles. The number of H-pyrrole nitrogens is 1. The molecule has 0 aliphatic heterocycles. The van der Waals surface area contributed by atoms with Crippen LogP contribution in [0.4, 0.5) is 5.82 Å². The summed E-state index contributed by atoms with van der Waals surface area (Å²) in [6.07, 6.45) is 1.46. The highest BCUT2D eigenvalue weighted by atomic mass is 16.6. The molecular weight excluding hydrogens is 206 g/mol. The van der Waals surface area contributed by atoms with Crippen LogP contribution >= 0.6 is 0 Å². The molecule has 0 atom stereocenters. The summed E-state index contributed by atoms with van der Waals surface area (Å²) in [5.74, 6) is -0.131. The Morgan fingerprint density at radius 1 is 1.19 bits per heavy atom. The number of pyridine rings is 1.